The van der Waals surface area contributed by atoms with Crippen LogP contribution in [0.5, 0.6) is 0 Å². The van der Waals surface area contributed by atoms with Crippen LogP contribution in [0.15, 0.2) is 29.1 Å². The van der Waals surface area contributed by atoms with Gasteiger partial charge in [0.05, 0.1) is 11.1 Å². The fourth-order valence-corrected chi connectivity index (χ4v) is 2.97. The van der Waals surface area contributed by atoms with Gasteiger partial charge in [-0.1, -0.05) is 18.2 Å². The number of rotatable bonds is 2. The van der Waals surface area contributed by atoms with Gasteiger partial charge in [0.1, 0.15) is 0 Å². The van der Waals surface area contributed by atoms with Crippen molar-refractivity contribution >= 4 is 12.2 Å². The SMILES string of the molecule is O=c1[nH]c(=S)[nH]c2c1CN(Cc1cccc(C(F)(F)F)c1)CC2. The van der Waals surface area contributed by atoms with Crippen molar-refractivity contribution in [1.82, 2.24) is 14.9 Å². The summed E-state index contributed by atoms with van der Waals surface area (Å²) in [6.45, 7) is 1.39. The molecule has 0 saturated heterocycles. The van der Waals surface area contributed by atoms with Crippen molar-refractivity contribution in [3.05, 3.63) is 61.8 Å². The Morgan fingerprint density at radius 2 is 2.04 bits per heavy atom. The number of nitrogens with one attached hydrogen (secondary N) is 2. The first-order valence-corrected chi connectivity index (χ1v) is 7.46. The Bertz CT molecular complexity index is 841. The van der Waals surface area contributed by atoms with Crippen LogP contribution < -0.4 is 5.56 Å². The standard InChI is InChI=1S/C15H14F3N3OS/c16-15(17,18)10-3-1-2-9(6-10)7-21-5-4-12-11(8-21)13(22)20-14(23)19-12/h1-3,6H,4-5,7-8H2,(H2,19,20,22,23). The zero-order valence-electron chi connectivity index (χ0n) is 12.0. The lowest BCUT2D eigenvalue weighted by molar-refractivity contribution is -0.137. The first-order valence-electron chi connectivity index (χ1n) is 7.06. The molecule has 1 aliphatic heterocycles. The van der Waals surface area contributed by atoms with E-state index in [0.29, 0.717) is 42.0 Å². The highest BCUT2D eigenvalue weighted by Gasteiger charge is 2.30. The van der Waals surface area contributed by atoms with Gasteiger partial charge in [0, 0.05) is 31.7 Å². The predicted molar refractivity (Wildman–Crippen MR) is 81.5 cm³/mol. The Balaban J connectivity index is 1.80. The summed E-state index contributed by atoms with van der Waals surface area (Å²) < 4.78 is 38.6. The number of H-pyrrole nitrogens is 2. The van der Waals surface area contributed by atoms with Gasteiger partial charge in [0.15, 0.2) is 4.77 Å². The molecule has 1 aromatic heterocycles. The summed E-state index contributed by atoms with van der Waals surface area (Å²) in [5.74, 6) is 0. The molecule has 1 aromatic carbocycles. The Morgan fingerprint density at radius 3 is 2.78 bits per heavy atom. The topological polar surface area (TPSA) is 51.9 Å². The van der Waals surface area contributed by atoms with Crippen molar-refractivity contribution in [3.63, 3.8) is 0 Å². The van der Waals surface area contributed by atoms with Gasteiger partial charge in [-0.15, -0.1) is 0 Å². The minimum absolute atomic E-state index is 0.238. The maximum absolute atomic E-state index is 12.8. The van der Waals surface area contributed by atoms with E-state index >= 15 is 0 Å². The maximum Gasteiger partial charge on any atom is 0.416 e. The van der Waals surface area contributed by atoms with Gasteiger partial charge in [0.2, 0.25) is 0 Å². The van der Waals surface area contributed by atoms with Crippen molar-refractivity contribution in [3.8, 4) is 0 Å². The first kappa shape index (κ1) is 15.9. The molecule has 4 nitrogen and oxygen atoms in total. The van der Waals surface area contributed by atoms with E-state index in [1.807, 2.05) is 4.90 Å². The Hall–Kier alpha value is -1.93. The van der Waals surface area contributed by atoms with Crippen LogP contribution in [0, 0.1) is 4.77 Å². The molecule has 23 heavy (non-hydrogen) atoms. The van der Waals surface area contributed by atoms with E-state index in [1.54, 1.807) is 6.07 Å². The van der Waals surface area contributed by atoms with Gasteiger partial charge < -0.3 is 4.98 Å². The van der Waals surface area contributed by atoms with Crippen LogP contribution in [0.2, 0.25) is 0 Å². The highest BCUT2D eigenvalue weighted by Crippen LogP contribution is 2.30. The van der Waals surface area contributed by atoms with E-state index in [2.05, 4.69) is 9.97 Å². The fourth-order valence-electron chi connectivity index (χ4n) is 2.75. The zero-order chi connectivity index (χ0) is 16.6. The van der Waals surface area contributed by atoms with Crippen molar-refractivity contribution in [2.24, 2.45) is 0 Å². The summed E-state index contributed by atoms with van der Waals surface area (Å²) in [7, 11) is 0. The second-order valence-electron chi connectivity index (χ2n) is 5.52. The average molecular weight is 341 g/mol. The minimum Gasteiger partial charge on any atom is -0.335 e. The molecule has 0 bridgehead atoms. The van der Waals surface area contributed by atoms with Crippen LogP contribution in [0.3, 0.4) is 0 Å². The molecular weight excluding hydrogens is 327 g/mol. The molecule has 0 amide bonds. The number of fused-ring (bicyclic) bond motifs is 1. The molecule has 1 aliphatic rings. The van der Waals surface area contributed by atoms with Crippen LogP contribution in [0.1, 0.15) is 22.4 Å². The molecule has 0 saturated carbocycles. The Morgan fingerprint density at radius 1 is 1.26 bits per heavy atom. The van der Waals surface area contributed by atoms with Gasteiger partial charge in [-0.2, -0.15) is 13.2 Å². The van der Waals surface area contributed by atoms with Crippen LogP contribution >= 0.6 is 12.2 Å². The van der Waals surface area contributed by atoms with Crippen LogP contribution in [0.25, 0.3) is 0 Å². The lowest BCUT2D eigenvalue weighted by Gasteiger charge is -2.28. The van der Waals surface area contributed by atoms with E-state index in [4.69, 9.17) is 12.2 Å². The maximum atomic E-state index is 12.8. The number of aromatic amines is 2. The van der Waals surface area contributed by atoms with E-state index in [-0.39, 0.29) is 5.56 Å². The highest BCUT2D eigenvalue weighted by atomic mass is 32.1. The highest BCUT2D eigenvalue weighted by molar-refractivity contribution is 7.71. The molecule has 3 rings (SSSR count). The van der Waals surface area contributed by atoms with Crippen molar-refractivity contribution < 1.29 is 13.2 Å². The fraction of sp³-hybridized carbons (Fsp3) is 0.333. The molecule has 8 heteroatoms. The number of benzene rings is 1. The number of nitrogens with zero attached hydrogens (tertiary/aromatic N) is 1. The smallest absolute Gasteiger partial charge is 0.335 e. The number of hydrogen-bond donors (Lipinski definition) is 2. The third-order valence-electron chi connectivity index (χ3n) is 3.85. The largest absolute Gasteiger partial charge is 0.416 e. The lowest BCUT2D eigenvalue weighted by atomic mass is 10.1. The zero-order valence-corrected chi connectivity index (χ0v) is 12.9. The molecule has 0 spiro atoms. The molecule has 2 aromatic rings. The van der Waals surface area contributed by atoms with E-state index in [1.165, 1.54) is 6.07 Å². The first-order chi connectivity index (χ1) is 10.8. The number of halogens is 3. The molecule has 122 valence electrons. The monoisotopic (exact) mass is 341 g/mol. The van der Waals surface area contributed by atoms with Gasteiger partial charge in [0.25, 0.3) is 5.56 Å². The molecular formula is C15H14F3N3OS. The summed E-state index contributed by atoms with van der Waals surface area (Å²) in [5.41, 5.74) is 1.08. The summed E-state index contributed by atoms with van der Waals surface area (Å²) in [6, 6.07) is 5.27. The Kier molecular flexibility index (Phi) is 4.11. The molecule has 0 aliphatic carbocycles. The van der Waals surface area contributed by atoms with E-state index in [9.17, 15) is 18.0 Å². The summed E-state index contributed by atoms with van der Waals surface area (Å²) in [5, 5.41) is 0. The van der Waals surface area contributed by atoms with Crippen LogP contribution in [-0.4, -0.2) is 21.4 Å². The van der Waals surface area contributed by atoms with Gasteiger partial charge in [-0.3, -0.25) is 14.7 Å². The van der Waals surface area contributed by atoms with E-state index < -0.39 is 11.7 Å². The average Bonchev–Trinajstić information content (AvgIpc) is 2.47. The second-order valence-corrected chi connectivity index (χ2v) is 5.93. The van der Waals surface area contributed by atoms with Crippen LogP contribution in [0.4, 0.5) is 13.2 Å². The lowest BCUT2D eigenvalue weighted by Crippen LogP contribution is -2.35. The summed E-state index contributed by atoms with van der Waals surface area (Å²) in [6.07, 6.45) is -3.74. The minimum atomic E-state index is -4.35. The second kappa shape index (κ2) is 5.93. The number of aromatic nitrogens is 2. The normalized spacial score (nSPS) is 15.4. The van der Waals surface area contributed by atoms with Gasteiger partial charge >= 0.3 is 6.18 Å². The molecule has 0 atom stereocenters. The molecule has 0 fully saturated rings. The summed E-state index contributed by atoms with van der Waals surface area (Å²) >= 11 is 4.94. The summed E-state index contributed by atoms with van der Waals surface area (Å²) in [4.78, 5) is 19.4. The van der Waals surface area contributed by atoms with Crippen molar-refractivity contribution in [2.75, 3.05) is 6.54 Å². The van der Waals surface area contributed by atoms with E-state index in [0.717, 1.165) is 17.8 Å². The number of alkyl halides is 3. The molecule has 2 N–H and O–H groups in total. The molecule has 0 unspecified atom stereocenters. The molecule has 0 radical (unpaired) electrons. The quantitative estimate of drug-likeness (QED) is 0.826. The predicted octanol–water partition coefficient (Wildman–Crippen LogP) is 3.01. The van der Waals surface area contributed by atoms with Gasteiger partial charge in [-0.25, -0.2) is 0 Å². The third-order valence-corrected chi connectivity index (χ3v) is 4.05. The Labute approximate surface area is 135 Å². The van der Waals surface area contributed by atoms with Crippen molar-refractivity contribution in [2.45, 2.75) is 25.7 Å². The third kappa shape index (κ3) is 3.53. The van der Waals surface area contributed by atoms with Crippen molar-refractivity contribution in [1.29, 1.82) is 0 Å². The van der Waals surface area contributed by atoms with Crippen LogP contribution in [-0.2, 0) is 25.7 Å². The van der Waals surface area contributed by atoms with Gasteiger partial charge in [-0.05, 0) is 23.8 Å². The molecule has 2 heterocycles. The number of hydrogen-bond acceptors (Lipinski definition) is 3.